The first-order valence-electron chi connectivity index (χ1n) is 18.5. The molecule has 3 N–H and O–H groups in total. The number of benzene rings is 4. The number of β-amino-alcohol motifs (C(OH)–C–C–N with tert-alkyl or cyclic N) is 2. The molecule has 0 spiro atoms. The average molecular weight is 1010 g/mol. The topological polar surface area (TPSA) is 175 Å². The number of aliphatic hydroxyl groups is 2. The van der Waals surface area contributed by atoms with Crippen LogP contribution in [0.4, 0.5) is 14.7 Å². The number of nitrogens with one attached hydrogen (secondary N) is 1. The van der Waals surface area contributed by atoms with Gasteiger partial charge in [-0.1, -0.05) is 59.6 Å². The van der Waals surface area contributed by atoms with Gasteiger partial charge in [-0.15, -0.1) is 12.4 Å². The molecule has 0 aliphatic carbocycles. The van der Waals surface area contributed by atoms with Gasteiger partial charge in [0.05, 0.1) is 37.6 Å². The monoisotopic (exact) mass is 1010 g/mol. The van der Waals surface area contributed by atoms with Gasteiger partial charge >= 0.3 is 103 Å². The first-order valence-corrected chi connectivity index (χ1v) is 19.6. The van der Waals surface area contributed by atoms with Gasteiger partial charge in [-0.05, 0) is 81.4 Å². The molecule has 6 aromatic rings. The van der Waals surface area contributed by atoms with Gasteiger partial charge in [0.15, 0.2) is 0 Å². The molecule has 2 aliphatic heterocycles. The molecular formula is C43H42Cl4F2K2N6O7. The van der Waals surface area contributed by atoms with E-state index in [1.165, 1.54) is 14.2 Å². The number of methoxy groups -OCH3 is 2. The molecule has 2 fully saturated rings. The van der Waals surface area contributed by atoms with Crippen LogP contribution in [0.25, 0.3) is 22.3 Å². The van der Waals surface area contributed by atoms with Crippen molar-refractivity contribution in [2.75, 3.05) is 45.3 Å². The smallest absolute Gasteiger partial charge is 1.00 e. The van der Waals surface area contributed by atoms with Gasteiger partial charge in [0.2, 0.25) is 11.2 Å². The number of ether oxygens (including phenoxy) is 2. The summed E-state index contributed by atoms with van der Waals surface area (Å²) in [6.45, 7) is 2.48. The van der Waals surface area contributed by atoms with Crippen LogP contribution in [0.1, 0.15) is 23.7 Å². The van der Waals surface area contributed by atoms with Crippen LogP contribution in [0.3, 0.4) is 0 Å². The average Bonchev–Trinajstić information content (AvgIpc) is 3.24. The van der Waals surface area contributed by atoms with E-state index in [1.807, 2.05) is 4.90 Å². The summed E-state index contributed by atoms with van der Waals surface area (Å²) in [6, 6.07) is 21.0. The Morgan fingerprint density at radius 1 is 0.750 bits per heavy atom. The molecule has 13 nitrogen and oxygen atoms in total. The van der Waals surface area contributed by atoms with Gasteiger partial charge in [0, 0.05) is 73.9 Å². The zero-order valence-corrected chi connectivity index (χ0v) is 44.5. The summed E-state index contributed by atoms with van der Waals surface area (Å²) in [4.78, 5) is 29.6. The Balaban J connectivity index is 0.000000521. The summed E-state index contributed by atoms with van der Waals surface area (Å²) >= 11 is 17.8. The molecule has 64 heavy (non-hydrogen) atoms. The minimum atomic E-state index is -0.355. The van der Waals surface area contributed by atoms with Crippen molar-refractivity contribution in [3.8, 4) is 33.8 Å². The Kier molecular flexibility index (Phi) is 27.0. The molecule has 4 aromatic carbocycles. The maximum Gasteiger partial charge on any atom is 1.00 e. The molecule has 330 valence electrons. The number of carbonyl (C=O) groups excluding carboxylic acids is 1. The van der Waals surface area contributed by atoms with Crippen LogP contribution in [-0.2, 0) is 22.5 Å². The number of hydrogen-bond donors (Lipinski definition) is 3. The summed E-state index contributed by atoms with van der Waals surface area (Å²) in [5, 5.41) is 30.3. The van der Waals surface area contributed by atoms with E-state index in [2.05, 4.69) is 30.1 Å². The minimum absolute atomic E-state index is 0. The van der Waals surface area contributed by atoms with E-state index in [1.54, 1.807) is 97.6 Å². The van der Waals surface area contributed by atoms with Crippen LogP contribution in [0, 0.1) is 11.6 Å². The Morgan fingerprint density at radius 3 is 1.48 bits per heavy atom. The third kappa shape index (κ3) is 17.0. The second kappa shape index (κ2) is 29.7. The minimum Gasteiger partial charge on any atom is -1.00 e. The molecular weight excluding hydrogens is 971 g/mol. The maximum atomic E-state index is 15.3. The number of anilines is 1. The zero-order valence-electron chi connectivity index (χ0n) is 36.2. The predicted octanol–water partition coefficient (Wildman–Crippen LogP) is 0.833. The molecule has 0 unspecified atom stereocenters. The number of aromatic nitrogens is 4. The van der Waals surface area contributed by atoms with Gasteiger partial charge < -0.3 is 41.5 Å². The van der Waals surface area contributed by atoms with Gasteiger partial charge in [-0.3, -0.25) is 4.79 Å². The van der Waals surface area contributed by atoms with Crippen molar-refractivity contribution in [2.24, 2.45) is 0 Å². The predicted molar refractivity (Wildman–Crippen MR) is 234 cm³/mol. The fourth-order valence-corrected chi connectivity index (χ4v) is 6.49. The van der Waals surface area contributed by atoms with E-state index in [0.717, 1.165) is 24.2 Å². The van der Waals surface area contributed by atoms with E-state index >= 15 is 8.78 Å². The van der Waals surface area contributed by atoms with Crippen LogP contribution in [-0.4, -0.2) is 89.2 Å². The Morgan fingerprint density at radius 2 is 1.16 bits per heavy atom. The number of nitrogens with zero attached hydrogens (tertiary/aromatic N) is 5. The quantitative estimate of drug-likeness (QED) is 0.0580. The van der Waals surface area contributed by atoms with Gasteiger partial charge in [0.25, 0.3) is 6.47 Å². The number of carbonyl (C=O) groups is 1. The Labute approximate surface area is 476 Å². The number of rotatable bonds is 10. The third-order valence-corrected chi connectivity index (χ3v) is 9.80. The largest absolute Gasteiger partial charge is 1.00 e. The number of halogens is 6. The fourth-order valence-electron chi connectivity index (χ4n) is 6.01. The summed E-state index contributed by atoms with van der Waals surface area (Å²) in [5.74, 6) is 0.768. The number of aliphatic hydroxyl groups excluding tert-OH is 2. The van der Waals surface area contributed by atoms with Crippen molar-refractivity contribution in [1.82, 2.24) is 25.3 Å². The van der Waals surface area contributed by atoms with Gasteiger partial charge in [-0.2, -0.15) is 0 Å². The normalized spacial score (nSPS) is 12.5. The van der Waals surface area contributed by atoms with Crippen molar-refractivity contribution in [3.05, 3.63) is 147 Å². The van der Waals surface area contributed by atoms with E-state index in [0.29, 0.717) is 86.8 Å². The second-order valence-electron chi connectivity index (χ2n) is 13.4. The van der Waals surface area contributed by atoms with Crippen molar-refractivity contribution in [2.45, 2.75) is 25.0 Å². The zero-order chi connectivity index (χ0) is 43.9. The molecule has 0 radical (unpaired) electrons. The molecule has 4 heterocycles. The maximum absolute atomic E-state index is 15.3. The Hall–Kier alpha value is -1.96. The van der Waals surface area contributed by atoms with Crippen LogP contribution >= 0.6 is 47.2 Å². The summed E-state index contributed by atoms with van der Waals surface area (Å²) in [7, 11) is 3.03. The fraction of sp³-hybridized carbons (Fsp3) is 0.233. The first kappa shape index (κ1) is 58.2. The standard InChI is InChI=1S/C21H19ClFN3O2.C18H13Cl2FN2O.C3H7NO.CH2O3.ClH.2K.H/c1-28-18-6-5-15(20(23)19(18)14-3-2-4-16(22)8-14)7-13-9-24-21(25-10-13)26-11-17(27)12-26;1-24-15-6-5-13(7-11-9-22-18(20)23-10-11)17(21)16(15)12-3-2-4-14(19)8-12;5-3-1-4-2-3;2-1-4-3;;;;/h2-6,8-10,17,27H,7,11-12H2,1H3;2-6,8-10H,7H2,1H3;3-5H,1-2H2;1,3H;1H;;;/q;;;;;2*+1;-1/p-1. The molecule has 0 saturated carbocycles. The van der Waals surface area contributed by atoms with Crippen LogP contribution in [0.5, 0.6) is 11.5 Å². The third-order valence-electron chi connectivity index (χ3n) is 9.13. The molecule has 0 amide bonds. The summed E-state index contributed by atoms with van der Waals surface area (Å²) in [6.07, 6.45) is 6.88. The van der Waals surface area contributed by atoms with Crippen LogP contribution in [0.15, 0.2) is 97.6 Å². The van der Waals surface area contributed by atoms with Gasteiger partial charge in [-0.25, -0.2) is 28.7 Å². The van der Waals surface area contributed by atoms with Crippen molar-refractivity contribution in [3.63, 3.8) is 0 Å². The van der Waals surface area contributed by atoms with Crippen molar-refractivity contribution >= 4 is 59.6 Å². The van der Waals surface area contributed by atoms with Gasteiger partial charge in [0.1, 0.15) is 23.1 Å². The molecule has 2 aromatic heterocycles. The summed E-state index contributed by atoms with van der Waals surface area (Å²) in [5.41, 5.74) is 4.68. The molecule has 2 saturated heterocycles. The van der Waals surface area contributed by atoms with Crippen molar-refractivity contribution < 1.29 is 148 Å². The van der Waals surface area contributed by atoms with Crippen molar-refractivity contribution in [1.29, 1.82) is 0 Å². The number of hydrogen-bond acceptors (Lipinski definition) is 13. The van der Waals surface area contributed by atoms with Crippen LogP contribution < -0.4 is 128 Å². The van der Waals surface area contributed by atoms with E-state index in [-0.39, 0.29) is 152 Å². The molecule has 2 aliphatic rings. The molecule has 8 rings (SSSR count). The van der Waals surface area contributed by atoms with E-state index in [9.17, 15) is 5.11 Å². The van der Waals surface area contributed by atoms with Crippen LogP contribution in [0.2, 0.25) is 15.3 Å². The van der Waals surface area contributed by atoms with E-state index < -0.39 is 0 Å². The summed E-state index contributed by atoms with van der Waals surface area (Å²) < 4.78 is 41.1. The Bertz CT molecular complexity index is 2380. The first-order chi connectivity index (χ1) is 29.4. The van der Waals surface area contributed by atoms with E-state index in [4.69, 9.17) is 59.4 Å². The molecule has 21 heteroatoms. The second-order valence-corrected chi connectivity index (χ2v) is 14.6. The SMILES string of the molecule is COc1ccc(Cc2cnc(Cl)nc2)c(F)c1-c1cccc(Cl)c1.COc1ccc(Cc2cnc(N3CC(O)C3)nc2)c(F)c1-c1cccc(Cl)c1.Cl.O=CO[O-].OC1CNC1.[H-].[K+].[K+]. The molecule has 0 bridgehead atoms. The molecule has 0 atom stereocenters.